The van der Waals surface area contributed by atoms with Crippen LogP contribution in [0.5, 0.6) is 0 Å². The third-order valence-corrected chi connectivity index (χ3v) is 6.77. The first-order valence-electron chi connectivity index (χ1n) is 10.1. The van der Waals surface area contributed by atoms with Crippen LogP contribution in [0.1, 0.15) is 56.9 Å². The van der Waals surface area contributed by atoms with Crippen LogP contribution in [0.3, 0.4) is 0 Å². The lowest BCUT2D eigenvalue weighted by molar-refractivity contribution is 0.111. The minimum absolute atomic E-state index is 0.695. The summed E-state index contributed by atoms with van der Waals surface area (Å²) < 4.78 is 0. The van der Waals surface area contributed by atoms with E-state index >= 15 is 0 Å². The number of likely N-dealkylation sites (tertiary alicyclic amines) is 1. The van der Waals surface area contributed by atoms with Crippen molar-refractivity contribution in [2.45, 2.75) is 70.4 Å². The predicted octanol–water partition coefficient (Wildman–Crippen LogP) is 5.46. The zero-order chi connectivity index (χ0) is 18.5. The lowest BCUT2D eigenvalue weighted by atomic mass is 9.99. The summed E-state index contributed by atoms with van der Waals surface area (Å²) >= 11 is 12.0. The number of halogens is 1. The van der Waals surface area contributed by atoms with E-state index in [1.165, 1.54) is 51.4 Å². The van der Waals surface area contributed by atoms with E-state index in [0.717, 1.165) is 40.5 Å². The third kappa shape index (κ3) is 5.11. The number of nitrogens with zero attached hydrogens (tertiary/aromatic N) is 2. The summed E-state index contributed by atoms with van der Waals surface area (Å²) in [6.07, 6.45) is 10.8. The Kier molecular flexibility index (Phi) is 7.19. The predicted molar refractivity (Wildman–Crippen MR) is 116 cm³/mol. The molecule has 0 aromatic heterocycles. The van der Waals surface area contributed by atoms with Gasteiger partial charge in [-0.1, -0.05) is 43.4 Å². The smallest absolute Gasteiger partial charge is 0.173 e. The Bertz CT molecular complexity index is 605. The van der Waals surface area contributed by atoms with Gasteiger partial charge in [0, 0.05) is 25.2 Å². The van der Waals surface area contributed by atoms with Gasteiger partial charge in [-0.15, -0.1) is 0 Å². The average molecular weight is 394 g/mol. The maximum absolute atomic E-state index is 6.33. The van der Waals surface area contributed by atoms with E-state index in [-0.39, 0.29) is 0 Å². The molecule has 26 heavy (non-hydrogen) atoms. The van der Waals surface area contributed by atoms with Crippen LogP contribution in [0.25, 0.3) is 0 Å². The molecule has 1 aliphatic carbocycles. The molecule has 5 heteroatoms. The monoisotopic (exact) mass is 393 g/mol. The van der Waals surface area contributed by atoms with Crippen LogP contribution in [-0.4, -0.2) is 47.1 Å². The van der Waals surface area contributed by atoms with Crippen molar-refractivity contribution >= 4 is 34.6 Å². The summed E-state index contributed by atoms with van der Waals surface area (Å²) in [5.74, 6) is 0. The second kappa shape index (κ2) is 9.38. The van der Waals surface area contributed by atoms with Gasteiger partial charge in [-0.25, -0.2) is 0 Å². The molecule has 1 saturated carbocycles. The highest BCUT2D eigenvalue weighted by atomic mass is 35.5. The Morgan fingerprint density at radius 3 is 2.31 bits per heavy atom. The van der Waals surface area contributed by atoms with Crippen molar-refractivity contribution in [3.8, 4) is 0 Å². The minimum atomic E-state index is 0.695. The summed E-state index contributed by atoms with van der Waals surface area (Å²) in [4.78, 5) is 4.97. The van der Waals surface area contributed by atoms with E-state index in [1.807, 2.05) is 19.1 Å². The van der Waals surface area contributed by atoms with Gasteiger partial charge < -0.3 is 15.1 Å². The van der Waals surface area contributed by atoms with Crippen molar-refractivity contribution in [2.75, 3.05) is 25.5 Å². The molecule has 0 amide bonds. The van der Waals surface area contributed by atoms with Gasteiger partial charge in [-0.05, 0) is 69.6 Å². The average Bonchev–Trinajstić information content (AvgIpc) is 2.93. The quantitative estimate of drug-likeness (QED) is 0.542. The molecule has 2 fully saturated rings. The van der Waals surface area contributed by atoms with Gasteiger partial charge in [0.15, 0.2) is 5.11 Å². The molecule has 0 radical (unpaired) electrons. The maximum atomic E-state index is 6.33. The second-order valence-electron chi connectivity index (χ2n) is 7.94. The molecule has 0 atom stereocenters. The Balaban J connectivity index is 1.50. The summed E-state index contributed by atoms with van der Waals surface area (Å²) in [6, 6.07) is 7.52. The van der Waals surface area contributed by atoms with Crippen LogP contribution < -0.4 is 5.32 Å². The van der Waals surface area contributed by atoms with Crippen molar-refractivity contribution in [3.05, 3.63) is 28.8 Å². The zero-order valence-corrected chi connectivity index (χ0v) is 17.7. The normalized spacial score (nSPS) is 20.2. The number of anilines is 1. The van der Waals surface area contributed by atoms with Gasteiger partial charge in [0.25, 0.3) is 0 Å². The minimum Gasteiger partial charge on any atom is -0.349 e. The number of piperidine rings is 1. The molecule has 3 rings (SSSR count). The number of thiocarbonyl (C=S) groups is 1. The fourth-order valence-corrected chi connectivity index (χ4v) is 4.93. The molecule has 0 unspecified atom stereocenters. The van der Waals surface area contributed by atoms with Gasteiger partial charge in [0.05, 0.1) is 10.7 Å². The fourth-order valence-electron chi connectivity index (χ4n) is 4.36. The molecule has 144 valence electrons. The molecule has 1 saturated heterocycles. The van der Waals surface area contributed by atoms with Crippen LogP contribution in [0.15, 0.2) is 18.2 Å². The first-order chi connectivity index (χ1) is 12.5. The molecule has 1 heterocycles. The summed E-state index contributed by atoms with van der Waals surface area (Å²) in [5.41, 5.74) is 2.06. The summed E-state index contributed by atoms with van der Waals surface area (Å²) in [6.45, 7) is 4.09. The molecule has 1 aromatic carbocycles. The van der Waals surface area contributed by atoms with E-state index in [4.69, 9.17) is 23.8 Å². The highest BCUT2D eigenvalue weighted by Gasteiger charge is 2.28. The largest absolute Gasteiger partial charge is 0.349 e. The number of nitrogens with one attached hydrogen (secondary N) is 1. The number of hydrogen-bond donors (Lipinski definition) is 1. The standard InChI is InChI=1S/C21H32ClN3S/c1-16-9-10-20(19(22)15-16)23-21(26)25-13-11-18(12-14-25)24(2)17-7-5-3-4-6-8-17/h9-10,15,17-18H,3-8,11-14H2,1-2H3,(H,23,26). The highest BCUT2D eigenvalue weighted by molar-refractivity contribution is 7.80. The van der Waals surface area contributed by atoms with Crippen LogP contribution in [0.2, 0.25) is 5.02 Å². The van der Waals surface area contributed by atoms with E-state index in [1.54, 1.807) is 0 Å². The molecular weight excluding hydrogens is 362 g/mol. The molecule has 2 aliphatic rings. The Labute approximate surface area is 169 Å². The van der Waals surface area contributed by atoms with E-state index in [0.29, 0.717) is 6.04 Å². The number of benzene rings is 1. The number of rotatable bonds is 3. The van der Waals surface area contributed by atoms with E-state index in [9.17, 15) is 0 Å². The van der Waals surface area contributed by atoms with Crippen molar-refractivity contribution in [1.82, 2.24) is 9.80 Å². The lowest BCUT2D eigenvalue weighted by Crippen LogP contribution is -2.49. The molecule has 1 N–H and O–H groups in total. The van der Waals surface area contributed by atoms with Crippen molar-refractivity contribution in [2.24, 2.45) is 0 Å². The maximum Gasteiger partial charge on any atom is 0.173 e. The van der Waals surface area contributed by atoms with E-state index in [2.05, 4.69) is 28.2 Å². The van der Waals surface area contributed by atoms with Gasteiger partial charge in [0.2, 0.25) is 0 Å². The van der Waals surface area contributed by atoms with Crippen molar-refractivity contribution in [3.63, 3.8) is 0 Å². The first kappa shape index (κ1) is 19.9. The Hall–Kier alpha value is -0.840. The number of hydrogen-bond acceptors (Lipinski definition) is 2. The van der Waals surface area contributed by atoms with Crippen LogP contribution >= 0.6 is 23.8 Å². The highest BCUT2D eigenvalue weighted by Crippen LogP contribution is 2.27. The molecule has 3 nitrogen and oxygen atoms in total. The SMILES string of the molecule is Cc1ccc(NC(=S)N2CCC(N(C)C3CCCCCC3)CC2)c(Cl)c1. The van der Waals surface area contributed by atoms with Crippen LogP contribution in [0.4, 0.5) is 5.69 Å². The second-order valence-corrected chi connectivity index (χ2v) is 8.74. The summed E-state index contributed by atoms with van der Waals surface area (Å²) in [5, 5.41) is 4.86. The first-order valence-corrected chi connectivity index (χ1v) is 10.9. The molecular formula is C21H32ClN3S. The topological polar surface area (TPSA) is 18.5 Å². The van der Waals surface area contributed by atoms with Gasteiger partial charge in [0.1, 0.15) is 0 Å². The van der Waals surface area contributed by atoms with E-state index < -0.39 is 0 Å². The fraction of sp³-hybridized carbons (Fsp3) is 0.667. The van der Waals surface area contributed by atoms with Crippen LogP contribution in [0, 0.1) is 6.92 Å². The van der Waals surface area contributed by atoms with Crippen LogP contribution in [-0.2, 0) is 0 Å². The summed E-state index contributed by atoms with van der Waals surface area (Å²) in [7, 11) is 2.35. The number of aryl methyl sites for hydroxylation is 1. The molecule has 0 bridgehead atoms. The third-order valence-electron chi connectivity index (χ3n) is 6.09. The molecule has 1 aromatic rings. The van der Waals surface area contributed by atoms with Gasteiger partial charge >= 0.3 is 0 Å². The van der Waals surface area contributed by atoms with Gasteiger partial charge in [-0.3, -0.25) is 0 Å². The lowest BCUT2D eigenvalue weighted by Gasteiger charge is -2.41. The molecule has 1 aliphatic heterocycles. The Morgan fingerprint density at radius 1 is 1.08 bits per heavy atom. The van der Waals surface area contributed by atoms with Crippen molar-refractivity contribution in [1.29, 1.82) is 0 Å². The zero-order valence-electron chi connectivity index (χ0n) is 16.1. The Morgan fingerprint density at radius 2 is 1.69 bits per heavy atom. The molecule has 0 spiro atoms. The van der Waals surface area contributed by atoms with Gasteiger partial charge in [-0.2, -0.15) is 0 Å². The van der Waals surface area contributed by atoms with Crippen molar-refractivity contribution < 1.29 is 0 Å².